The van der Waals surface area contributed by atoms with Crippen molar-refractivity contribution in [3.63, 3.8) is 0 Å². The largest absolute Gasteiger partial charge is 0.494 e. The number of methoxy groups -OCH3 is 2. The van der Waals surface area contributed by atoms with Gasteiger partial charge < -0.3 is 18.9 Å². The molecular formula is C23H26FN3O3. The number of amides is 1. The summed E-state index contributed by atoms with van der Waals surface area (Å²) in [6.45, 7) is 2.60. The molecule has 2 aromatic carbocycles. The van der Waals surface area contributed by atoms with Crippen molar-refractivity contribution in [1.29, 1.82) is 0 Å². The third kappa shape index (κ3) is 3.89. The number of rotatable bonds is 6. The summed E-state index contributed by atoms with van der Waals surface area (Å²) in [5.41, 5.74) is 2.44. The van der Waals surface area contributed by atoms with E-state index in [2.05, 4.69) is 10.6 Å². The monoisotopic (exact) mass is 411 g/mol. The van der Waals surface area contributed by atoms with Gasteiger partial charge >= 0.3 is 0 Å². The van der Waals surface area contributed by atoms with E-state index in [1.165, 1.54) is 19.2 Å². The first-order valence-corrected chi connectivity index (χ1v) is 10.2. The van der Waals surface area contributed by atoms with E-state index < -0.39 is 5.82 Å². The van der Waals surface area contributed by atoms with Gasteiger partial charge in [-0.15, -0.1) is 0 Å². The molecule has 158 valence electrons. The van der Waals surface area contributed by atoms with Crippen molar-refractivity contribution in [2.45, 2.75) is 25.3 Å². The van der Waals surface area contributed by atoms with E-state index in [-0.39, 0.29) is 17.6 Å². The van der Waals surface area contributed by atoms with Gasteiger partial charge in [-0.05, 0) is 43.2 Å². The van der Waals surface area contributed by atoms with Gasteiger partial charge in [0.15, 0.2) is 11.6 Å². The molecule has 1 aliphatic rings. The van der Waals surface area contributed by atoms with Gasteiger partial charge in [-0.2, -0.15) is 0 Å². The molecule has 1 aliphatic heterocycles. The molecule has 0 radical (unpaired) electrons. The second kappa shape index (κ2) is 8.83. The van der Waals surface area contributed by atoms with Crippen LogP contribution in [0.15, 0.2) is 42.5 Å². The third-order valence-electron chi connectivity index (χ3n) is 5.75. The summed E-state index contributed by atoms with van der Waals surface area (Å²) in [4.78, 5) is 19.5. The van der Waals surface area contributed by atoms with E-state index in [1.807, 2.05) is 18.2 Å². The molecule has 0 bridgehead atoms. The van der Waals surface area contributed by atoms with Gasteiger partial charge in [-0.3, -0.25) is 4.79 Å². The lowest BCUT2D eigenvalue weighted by molar-refractivity contribution is 0.0709. The van der Waals surface area contributed by atoms with Gasteiger partial charge in [-0.25, -0.2) is 9.37 Å². The molecule has 7 heteroatoms. The number of fused-ring (bicyclic) bond motifs is 1. The van der Waals surface area contributed by atoms with Crippen molar-refractivity contribution in [3.8, 4) is 5.75 Å². The van der Waals surface area contributed by atoms with Gasteiger partial charge in [0.25, 0.3) is 5.91 Å². The van der Waals surface area contributed by atoms with Crippen molar-refractivity contribution in [3.05, 3.63) is 59.7 Å². The number of piperidine rings is 1. The van der Waals surface area contributed by atoms with Crippen LogP contribution in [0, 0.1) is 5.82 Å². The number of carbonyl (C=O) groups is 1. The highest BCUT2D eigenvalue weighted by molar-refractivity contribution is 5.94. The highest BCUT2D eigenvalue weighted by Gasteiger charge is 2.28. The van der Waals surface area contributed by atoms with Gasteiger partial charge in [0.2, 0.25) is 0 Å². The topological polar surface area (TPSA) is 56.6 Å². The zero-order chi connectivity index (χ0) is 21.1. The highest BCUT2D eigenvalue weighted by Crippen LogP contribution is 2.31. The predicted octanol–water partition coefficient (Wildman–Crippen LogP) is 3.85. The molecule has 4 rings (SSSR count). The summed E-state index contributed by atoms with van der Waals surface area (Å²) in [5.74, 6) is 0.787. The summed E-state index contributed by atoms with van der Waals surface area (Å²) < 4.78 is 26.5. The molecule has 1 amide bonds. The molecule has 6 nitrogen and oxygen atoms in total. The number of ether oxygens (including phenoxy) is 2. The first-order valence-electron chi connectivity index (χ1n) is 10.2. The molecule has 30 heavy (non-hydrogen) atoms. The standard InChI is InChI=1S/C23H26FN3O3/c1-29-14-13-27-20-6-4-3-5-19(20)25-22(27)16-9-11-26(12-10-16)23(28)17-7-8-21(30-2)18(24)15-17/h3-8,15-16H,9-14H2,1-2H3. The number of hydrogen-bond acceptors (Lipinski definition) is 4. The molecule has 0 unspecified atom stereocenters. The summed E-state index contributed by atoms with van der Waals surface area (Å²) in [6.07, 6.45) is 1.64. The fourth-order valence-electron chi connectivity index (χ4n) is 4.15. The Morgan fingerprint density at radius 2 is 1.93 bits per heavy atom. The maximum Gasteiger partial charge on any atom is 0.253 e. The Kier molecular flexibility index (Phi) is 5.99. The van der Waals surface area contributed by atoms with Crippen LogP contribution >= 0.6 is 0 Å². The van der Waals surface area contributed by atoms with Crippen LogP contribution in [0.1, 0.15) is 34.9 Å². The maximum atomic E-state index is 14.0. The third-order valence-corrected chi connectivity index (χ3v) is 5.75. The molecule has 0 saturated carbocycles. The van der Waals surface area contributed by atoms with E-state index in [0.29, 0.717) is 25.3 Å². The van der Waals surface area contributed by atoms with Gasteiger partial charge in [-0.1, -0.05) is 12.1 Å². The van der Waals surface area contributed by atoms with Crippen molar-refractivity contribution >= 4 is 16.9 Å². The van der Waals surface area contributed by atoms with Crippen LogP contribution in [0.5, 0.6) is 5.75 Å². The number of halogens is 1. The Morgan fingerprint density at radius 1 is 1.17 bits per heavy atom. The Hall–Kier alpha value is -2.93. The molecule has 0 N–H and O–H groups in total. The van der Waals surface area contributed by atoms with E-state index >= 15 is 0 Å². The summed E-state index contributed by atoms with van der Waals surface area (Å²) >= 11 is 0. The van der Waals surface area contributed by atoms with Crippen LogP contribution in [-0.2, 0) is 11.3 Å². The lowest BCUT2D eigenvalue weighted by Crippen LogP contribution is -2.38. The quantitative estimate of drug-likeness (QED) is 0.618. The van der Waals surface area contributed by atoms with E-state index in [1.54, 1.807) is 18.1 Å². The summed E-state index contributed by atoms with van der Waals surface area (Å²) in [5, 5.41) is 0. The minimum absolute atomic E-state index is 0.139. The SMILES string of the molecule is COCCn1c(C2CCN(C(=O)c3ccc(OC)c(F)c3)CC2)nc2ccccc21. The van der Waals surface area contributed by atoms with Gasteiger partial charge in [0, 0.05) is 38.2 Å². The fraction of sp³-hybridized carbons (Fsp3) is 0.391. The summed E-state index contributed by atoms with van der Waals surface area (Å²) in [7, 11) is 3.11. The van der Waals surface area contributed by atoms with Gasteiger partial charge in [0.1, 0.15) is 5.82 Å². The van der Waals surface area contributed by atoms with Crippen molar-refractivity contribution < 1.29 is 18.7 Å². The second-order valence-corrected chi connectivity index (χ2v) is 7.52. The lowest BCUT2D eigenvalue weighted by Gasteiger charge is -2.32. The minimum Gasteiger partial charge on any atom is -0.494 e. The van der Waals surface area contributed by atoms with Crippen LogP contribution in [0.4, 0.5) is 4.39 Å². The van der Waals surface area contributed by atoms with Crippen LogP contribution in [0.2, 0.25) is 0 Å². The number of imidazole rings is 1. The number of aromatic nitrogens is 2. The van der Waals surface area contributed by atoms with Crippen LogP contribution in [0.25, 0.3) is 11.0 Å². The molecule has 1 saturated heterocycles. The maximum absolute atomic E-state index is 14.0. The molecular weight excluding hydrogens is 385 g/mol. The van der Waals surface area contributed by atoms with Crippen molar-refractivity contribution in [1.82, 2.24) is 14.5 Å². The van der Waals surface area contributed by atoms with E-state index in [4.69, 9.17) is 14.5 Å². The first-order chi connectivity index (χ1) is 14.6. The lowest BCUT2D eigenvalue weighted by atomic mass is 9.95. The average molecular weight is 411 g/mol. The van der Waals surface area contributed by atoms with E-state index in [9.17, 15) is 9.18 Å². The van der Waals surface area contributed by atoms with Crippen molar-refractivity contribution in [2.24, 2.45) is 0 Å². The molecule has 0 aliphatic carbocycles. The normalized spacial score (nSPS) is 15.0. The smallest absolute Gasteiger partial charge is 0.253 e. The first kappa shape index (κ1) is 20.3. The average Bonchev–Trinajstić information content (AvgIpc) is 3.15. The Morgan fingerprint density at radius 3 is 2.63 bits per heavy atom. The molecule has 0 atom stereocenters. The number of benzene rings is 2. The zero-order valence-corrected chi connectivity index (χ0v) is 17.3. The molecule has 0 spiro atoms. The fourth-order valence-corrected chi connectivity index (χ4v) is 4.15. The van der Waals surface area contributed by atoms with E-state index in [0.717, 1.165) is 36.2 Å². The van der Waals surface area contributed by atoms with Crippen LogP contribution in [0.3, 0.4) is 0 Å². The van der Waals surface area contributed by atoms with Gasteiger partial charge in [0.05, 0.1) is 24.8 Å². The summed E-state index contributed by atoms with van der Waals surface area (Å²) in [6, 6.07) is 12.5. The molecule has 1 fully saturated rings. The number of carbonyl (C=O) groups excluding carboxylic acids is 1. The zero-order valence-electron chi connectivity index (χ0n) is 17.3. The Labute approximate surface area is 175 Å². The molecule has 2 heterocycles. The molecule has 1 aromatic heterocycles. The Balaban J connectivity index is 1.49. The predicted molar refractivity (Wildman–Crippen MR) is 112 cm³/mol. The van der Waals surface area contributed by atoms with Crippen molar-refractivity contribution in [2.75, 3.05) is 33.9 Å². The number of nitrogens with zero attached hydrogens (tertiary/aromatic N) is 3. The minimum atomic E-state index is -0.523. The molecule has 3 aromatic rings. The second-order valence-electron chi connectivity index (χ2n) is 7.52. The highest BCUT2D eigenvalue weighted by atomic mass is 19.1. The number of para-hydroxylation sites is 2. The number of hydrogen-bond donors (Lipinski definition) is 0. The Bertz CT molecular complexity index is 1040. The van der Waals surface area contributed by atoms with Crippen LogP contribution < -0.4 is 4.74 Å². The number of likely N-dealkylation sites (tertiary alicyclic amines) is 1. The van der Waals surface area contributed by atoms with Crippen LogP contribution in [-0.4, -0.2) is 54.3 Å².